The Morgan fingerprint density at radius 2 is 1.70 bits per heavy atom. The summed E-state index contributed by atoms with van der Waals surface area (Å²) < 4.78 is 29.8. The molecule has 13 heteroatoms. The molecule has 0 aliphatic carbocycles. The summed E-state index contributed by atoms with van der Waals surface area (Å²) in [5.41, 5.74) is 1.51. The van der Waals surface area contributed by atoms with Gasteiger partial charge in [0.15, 0.2) is 12.1 Å². The number of aliphatic hydroxyl groups excluding tert-OH is 6. The van der Waals surface area contributed by atoms with Crippen LogP contribution in [0.5, 0.6) is 0 Å². The molecule has 13 nitrogen and oxygen atoms in total. The lowest BCUT2D eigenvalue weighted by molar-refractivity contribution is -0.339. The van der Waals surface area contributed by atoms with Gasteiger partial charge in [-0.05, 0) is 52.5 Å². The van der Waals surface area contributed by atoms with Gasteiger partial charge in [0.2, 0.25) is 5.76 Å². The summed E-state index contributed by atoms with van der Waals surface area (Å²) in [5.74, 6) is -6.25. The molecule has 3 rings (SSSR count). The molecule has 0 saturated carbocycles. The van der Waals surface area contributed by atoms with Crippen molar-refractivity contribution in [1.29, 1.82) is 0 Å². The minimum atomic E-state index is -1.97. The van der Waals surface area contributed by atoms with E-state index in [1.807, 2.05) is 41.5 Å². The number of esters is 1. The number of rotatable bonds is 9. The van der Waals surface area contributed by atoms with E-state index in [0.29, 0.717) is 18.4 Å². The van der Waals surface area contributed by atoms with E-state index >= 15 is 0 Å². The number of carbonyl (C=O) groups is 1. The maximum atomic E-state index is 13.7. The predicted molar refractivity (Wildman–Crippen MR) is 215 cm³/mol. The maximum Gasteiger partial charge on any atom is 0.373 e. The van der Waals surface area contributed by atoms with Crippen LogP contribution in [-0.4, -0.2) is 122 Å². The summed E-state index contributed by atoms with van der Waals surface area (Å²) in [4.78, 5) is 13.7. The van der Waals surface area contributed by atoms with Gasteiger partial charge in [0.25, 0.3) is 0 Å². The molecule has 57 heavy (non-hydrogen) atoms. The summed E-state index contributed by atoms with van der Waals surface area (Å²) in [5, 5.41) is 78.9. The van der Waals surface area contributed by atoms with Crippen molar-refractivity contribution in [3.8, 4) is 0 Å². The molecule has 3 aliphatic rings. The molecule has 2 saturated heterocycles. The van der Waals surface area contributed by atoms with Crippen molar-refractivity contribution in [3.63, 3.8) is 0 Å². The number of cyclic esters (lactones) is 1. The Balaban J connectivity index is 1.98. The molecule has 326 valence electrons. The van der Waals surface area contributed by atoms with Gasteiger partial charge in [-0.1, -0.05) is 89.1 Å². The summed E-state index contributed by atoms with van der Waals surface area (Å²) >= 11 is 0. The SMILES string of the molecule is C/C=C/[C@H]1O[C@@](O)([C@@H](C)[C@H](O)[C@H](C)[C@H]2OC(=O)/C(OC)=C/C(C)=C/[C@@H](C)[C@@H](O)[C@@H](CC)[C@@H](O)[C@H](C)C/C(C)=C/C=C/[C@@H]2O)C[C@@H](O[C@@H]2C[C@H](O)[C@@H](O)[C@H](C)O2)[C@@H]1C. The number of aliphatic hydroxyl groups is 7. The highest BCUT2D eigenvalue weighted by Crippen LogP contribution is 2.42. The van der Waals surface area contributed by atoms with E-state index in [0.717, 1.165) is 5.57 Å². The monoisotopic (exact) mass is 808 g/mol. The van der Waals surface area contributed by atoms with E-state index in [2.05, 4.69) is 0 Å². The Bertz CT molecular complexity index is 1430. The fraction of sp³-hybridized carbons (Fsp3) is 0.750. The predicted octanol–water partition coefficient (Wildman–Crippen LogP) is 4.23. The highest BCUT2D eigenvalue weighted by atomic mass is 16.7. The lowest BCUT2D eigenvalue weighted by Gasteiger charge is -2.49. The Labute approximate surface area is 339 Å². The Morgan fingerprint density at radius 3 is 2.30 bits per heavy atom. The van der Waals surface area contributed by atoms with Crippen LogP contribution in [0.15, 0.2) is 59.4 Å². The van der Waals surface area contributed by atoms with Crippen molar-refractivity contribution in [3.05, 3.63) is 59.4 Å². The first-order valence-corrected chi connectivity index (χ1v) is 20.6. The topological polar surface area (TPSA) is 205 Å². The molecule has 0 aromatic heterocycles. The Hall–Kier alpha value is -2.43. The van der Waals surface area contributed by atoms with Gasteiger partial charge in [-0.2, -0.15) is 0 Å². The van der Waals surface area contributed by atoms with Gasteiger partial charge in [-0.3, -0.25) is 0 Å². The maximum absolute atomic E-state index is 13.7. The van der Waals surface area contributed by atoms with Crippen molar-refractivity contribution < 1.29 is 64.2 Å². The standard InChI is InChI=1S/C44H72O13/c1-12-15-34-27(7)36(55-37-21-33(46)41(50)30(10)54-37)22-44(52,57-34)29(9)40(49)28(8)42-32(45)17-14-16-23(3)18-25(5)38(47)31(13-2)39(48)26(6)19-24(4)20-35(53-11)43(51)56-42/h12,14-17,19-20,25-34,36-42,45-50,52H,13,18,21-22H2,1-11H3/b15-12+,17-14+,23-16+,24-19+,35-20-/t25-,26-,27-,28+,29+,30+,31+,32+,33+,34-,36-,37-,38+,39-,40-,41+,42-,44-/m1/s1. The zero-order valence-electron chi connectivity index (χ0n) is 35.8. The fourth-order valence-corrected chi connectivity index (χ4v) is 8.45. The molecular formula is C44H72O13. The summed E-state index contributed by atoms with van der Waals surface area (Å²) in [6.45, 7) is 18.0. The van der Waals surface area contributed by atoms with E-state index < -0.39 is 90.9 Å². The molecule has 0 unspecified atom stereocenters. The van der Waals surface area contributed by atoms with Crippen molar-refractivity contribution in [2.45, 2.75) is 168 Å². The molecule has 3 aliphatic heterocycles. The van der Waals surface area contributed by atoms with Crippen LogP contribution in [0.3, 0.4) is 0 Å². The molecule has 0 aromatic carbocycles. The quantitative estimate of drug-likeness (QED) is 0.129. The fourth-order valence-electron chi connectivity index (χ4n) is 8.45. The molecule has 0 aromatic rings. The number of ether oxygens (including phenoxy) is 5. The largest absolute Gasteiger partial charge is 0.490 e. The third-order valence-corrected chi connectivity index (χ3v) is 12.3. The lowest BCUT2D eigenvalue weighted by Crippen LogP contribution is -2.59. The first kappa shape index (κ1) is 48.9. The van der Waals surface area contributed by atoms with Gasteiger partial charge >= 0.3 is 5.97 Å². The highest BCUT2D eigenvalue weighted by molar-refractivity contribution is 5.87. The molecule has 0 amide bonds. The normalized spacial score (nSPS) is 44.5. The van der Waals surface area contributed by atoms with E-state index in [1.165, 1.54) is 19.3 Å². The van der Waals surface area contributed by atoms with Crippen molar-refractivity contribution in [1.82, 2.24) is 0 Å². The van der Waals surface area contributed by atoms with E-state index in [-0.39, 0.29) is 42.3 Å². The second-order valence-electron chi connectivity index (χ2n) is 16.9. The van der Waals surface area contributed by atoms with Crippen LogP contribution >= 0.6 is 0 Å². The van der Waals surface area contributed by atoms with Crippen LogP contribution in [0, 0.1) is 35.5 Å². The number of methoxy groups -OCH3 is 1. The minimum absolute atomic E-state index is 0.0270. The molecule has 7 N–H and O–H groups in total. The van der Waals surface area contributed by atoms with Gasteiger partial charge in [-0.15, -0.1) is 0 Å². The first-order chi connectivity index (χ1) is 26.7. The van der Waals surface area contributed by atoms with Crippen molar-refractivity contribution in [2.75, 3.05) is 7.11 Å². The zero-order chi connectivity index (χ0) is 42.9. The van der Waals surface area contributed by atoms with Crippen molar-refractivity contribution in [2.24, 2.45) is 35.5 Å². The lowest BCUT2D eigenvalue weighted by atomic mass is 9.77. The molecule has 0 spiro atoms. The summed E-state index contributed by atoms with van der Waals surface area (Å²) in [6, 6.07) is 0. The van der Waals surface area contributed by atoms with Crippen LogP contribution < -0.4 is 0 Å². The Kier molecular flexibility index (Phi) is 18.6. The van der Waals surface area contributed by atoms with E-state index in [9.17, 15) is 40.5 Å². The van der Waals surface area contributed by atoms with Gasteiger partial charge in [0.1, 0.15) is 18.3 Å². The third-order valence-electron chi connectivity index (χ3n) is 12.3. The van der Waals surface area contributed by atoms with Gasteiger partial charge in [0.05, 0.1) is 49.8 Å². The zero-order valence-corrected chi connectivity index (χ0v) is 35.8. The average Bonchev–Trinajstić information content (AvgIpc) is 3.15. The van der Waals surface area contributed by atoms with Crippen LogP contribution in [0.25, 0.3) is 0 Å². The van der Waals surface area contributed by atoms with Gasteiger partial charge in [-0.25, -0.2) is 4.79 Å². The van der Waals surface area contributed by atoms with E-state index in [4.69, 9.17) is 23.7 Å². The third kappa shape index (κ3) is 12.5. The molecule has 3 heterocycles. The van der Waals surface area contributed by atoms with Gasteiger partial charge in [0, 0.05) is 42.4 Å². The minimum Gasteiger partial charge on any atom is -0.490 e. The highest BCUT2D eigenvalue weighted by Gasteiger charge is 2.52. The molecule has 18 atom stereocenters. The molecule has 0 bridgehead atoms. The first-order valence-electron chi connectivity index (χ1n) is 20.6. The van der Waals surface area contributed by atoms with Crippen LogP contribution in [0.2, 0.25) is 0 Å². The van der Waals surface area contributed by atoms with Crippen LogP contribution in [0.1, 0.15) is 94.9 Å². The van der Waals surface area contributed by atoms with Crippen LogP contribution in [0.4, 0.5) is 0 Å². The average molecular weight is 809 g/mol. The second-order valence-corrected chi connectivity index (χ2v) is 16.9. The van der Waals surface area contributed by atoms with Crippen molar-refractivity contribution >= 4 is 5.97 Å². The second kappa shape index (κ2) is 21.7. The molecule has 0 radical (unpaired) electrons. The Morgan fingerprint density at radius 1 is 1.04 bits per heavy atom. The molecule has 2 fully saturated rings. The summed E-state index contributed by atoms with van der Waals surface area (Å²) in [7, 11) is 1.31. The number of hydrogen-bond donors (Lipinski definition) is 7. The molecular weight excluding hydrogens is 736 g/mol. The smallest absolute Gasteiger partial charge is 0.373 e. The number of allylic oxidation sites excluding steroid dienone is 6. The summed E-state index contributed by atoms with van der Waals surface area (Å²) in [6.07, 6.45) is 2.04. The number of carbonyl (C=O) groups excluding carboxylic acids is 1. The van der Waals surface area contributed by atoms with Crippen LogP contribution in [-0.2, 0) is 28.5 Å². The van der Waals surface area contributed by atoms with E-state index in [1.54, 1.807) is 58.1 Å². The number of hydrogen-bond acceptors (Lipinski definition) is 13. The van der Waals surface area contributed by atoms with Gasteiger partial charge < -0.3 is 59.4 Å².